The van der Waals surface area contributed by atoms with E-state index < -0.39 is 4.92 Å². The molecule has 0 atom stereocenters. The number of halogens is 1. The molecule has 0 saturated heterocycles. The lowest BCUT2D eigenvalue weighted by Crippen LogP contribution is -2.07. The summed E-state index contributed by atoms with van der Waals surface area (Å²) in [6.07, 6.45) is 0. The molecular weight excluding hydrogens is 273 g/mol. The largest absolute Gasteiger partial charge is 0.324 e. The fourth-order valence-electron chi connectivity index (χ4n) is 0.742. The van der Waals surface area contributed by atoms with Gasteiger partial charge in [-0.05, 0) is 34.7 Å². The molecule has 0 aliphatic rings. The van der Waals surface area contributed by atoms with Gasteiger partial charge in [-0.15, -0.1) is 0 Å². The van der Waals surface area contributed by atoms with Crippen molar-refractivity contribution in [1.82, 2.24) is 0 Å². The molecule has 0 aliphatic carbocycles. The van der Waals surface area contributed by atoms with Crippen LogP contribution in [0.4, 0.5) is 11.4 Å². The Hall–Kier alpha value is -0.890. The minimum absolute atomic E-state index is 0.0612. The first-order valence-corrected chi connectivity index (χ1v) is 4.13. The van der Waals surface area contributed by atoms with Crippen LogP contribution in [-0.4, -0.2) is 4.92 Å². The van der Waals surface area contributed by atoms with E-state index in [9.17, 15) is 10.1 Å². The van der Waals surface area contributed by atoms with E-state index in [0.29, 0.717) is 9.26 Å². The Morgan fingerprint density at radius 1 is 1.58 bits per heavy atom. The van der Waals surface area contributed by atoms with Gasteiger partial charge in [0.1, 0.15) is 0 Å². The number of nitrogen functional groups attached to an aromatic ring is 1. The van der Waals surface area contributed by atoms with Crippen LogP contribution in [0.25, 0.3) is 0 Å². The predicted molar refractivity (Wildman–Crippen MR) is 53.6 cm³/mol. The van der Waals surface area contributed by atoms with Crippen LogP contribution in [0.2, 0.25) is 0 Å². The Labute approximate surface area is 82.2 Å². The second-order valence-electron chi connectivity index (χ2n) is 2.07. The first-order chi connectivity index (χ1) is 5.65. The van der Waals surface area contributed by atoms with Gasteiger partial charge < -0.3 is 5.43 Å². The molecule has 12 heavy (non-hydrogen) atoms. The van der Waals surface area contributed by atoms with Crippen LogP contribution >= 0.6 is 22.6 Å². The third-order valence-corrected chi connectivity index (χ3v) is 2.22. The SMILES string of the molecule is NNc1ccc(I)c([N+](=O)[O-])c1. The molecule has 0 saturated carbocycles. The van der Waals surface area contributed by atoms with Crippen molar-refractivity contribution in [3.8, 4) is 0 Å². The molecule has 0 radical (unpaired) electrons. The molecule has 0 unspecified atom stereocenters. The Balaban J connectivity index is 3.17. The van der Waals surface area contributed by atoms with Crippen molar-refractivity contribution in [2.24, 2.45) is 5.84 Å². The minimum Gasteiger partial charge on any atom is -0.324 e. The van der Waals surface area contributed by atoms with E-state index in [1.165, 1.54) is 6.07 Å². The highest BCUT2D eigenvalue weighted by Crippen LogP contribution is 2.23. The maximum atomic E-state index is 10.4. The Morgan fingerprint density at radius 3 is 2.75 bits per heavy atom. The Bertz CT molecular complexity index is 316. The van der Waals surface area contributed by atoms with E-state index in [4.69, 9.17) is 5.84 Å². The van der Waals surface area contributed by atoms with Gasteiger partial charge in [0.2, 0.25) is 0 Å². The smallest absolute Gasteiger partial charge is 0.284 e. The van der Waals surface area contributed by atoms with E-state index >= 15 is 0 Å². The van der Waals surface area contributed by atoms with Crippen molar-refractivity contribution < 1.29 is 4.92 Å². The molecule has 64 valence electrons. The number of nitro groups is 1. The van der Waals surface area contributed by atoms with Gasteiger partial charge in [0.05, 0.1) is 14.2 Å². The van der Waals surface area contributed by atoms with Crippen LogP contribution in [0.3, 0.4) is 0 Å². The lowest BCUT2D eigenvalue weighted by atomic mass is 10.3. The zero-order valence-corrected chi connectivity index (χ0v) is 8.11. The van der Waals surface area contributed by atoms with Gasteiger partial charge in [-0.2, -0.15) is 0 Å². The highest BCUT2D eigenvalue weighted by Gasteiger charge is 2.11. The summed E-state index contributed by atoms with van der Waals surface area (Å²) >= 11 is 1.90. The lowest BCUT2D eigenvalue weighted by Gasteiger charge is -1.99. The zero-order valence-electron chi connectivity index (χ0n) is 5.95. The number of hydrogen-bond donors (Lipinski definition) is 2. The van der Waals surface area contributed by atoms with Crippen molar-refractivity contribution in [1.29, 1.82) is 0 Å². The third kappa shape index (κ3) is 1.83. The first-order valence-electron chi connectivity index (χ1n) is 3.05. The topological polar surface area (TPSA) is 81.2 Å². The number of hydrazine groups is 1. The van der Waals surface area contributed by atoms with E-state index in [1.54, 1.807) is 12.1 Å². The van der Waals surface area contributed by atoms with Crippen LogP contribution in [0.15, 0.2) is 18.2 Å². The van der Waals surface area contributed by atoms with Crippen LogP contribution < -0.4 is 11.3 Å². The van der Waals surface area contributed by atoms with Gasteiger partial charge >= 0.3 is 0 Å². The molecule has 5 nitrogen and oxygen atoms in total. The van der Waals surface area contributed by atoms with Crippen molar-refractivity contribution in [3.05, 3.63) is 31.9 Å². The number of hydrogen-bond acceptors (Lipinski definition) is 4. The quantitative estimate of drug-likeness (QED) is 0.372. The number of rotatable bonds is 2. The Kier molecular flexibility index (Phi) is 2.82. The summed E-state index contributed by atoms with van der Waals surface area (Å²) in [6.45, 7) is 0. The highest BCUT2D eigenvalue weighted by atomic mass is 127. The van der Waals surface area contributed by atoms with Gasteiger partial charge in [0.25, 0.3) is 5.69 Å². The average molecular weight is 279 g/mol. The van der Waals surface area contributed by atoms with Crippen molar-refractivity contribution >= 4 is 34.0 Å². The molecular formula is C6H6IN3O2. The molecule has 1 aromatic rings. The molecule has 3 N–H and O–H groups in total. The third-order valence-electron chi connectivity index (χ3n) is 1.31. The lowest BCUT2D eigenvalue weighted by molar-refractivity contribution is -0.385. The maximum Gasteiger partial charge on any atom is 0.284 e. The van der Waals surface area contributed by atoms with Crippen LogP contribution in [0, 0.1) is 13.7 Å². The maximum absolute atomic E-state index is 10.4. The highest BCUT2D eigenvalue weighted by molar-refractivity contribution is 14.1. The normalized spacial score (nSPS) is 9.50. The van der Waals surface area contributed by atoms with Gasteiger partial charge in [-0.3, -0.25) is 16.0 Å². The number of nitrogens with two attached hydrogens (primary N) is 1. The van der Waals surface area contributed by atoms with Crippen LogP contribution in [0.5, 0.6) is 0 Å². The molecule has 0 aliphatic heterocycles. The summed E-state index contributed by atoms with van der Waals surface area (Å²) in [6, 6.07) is 4.70. The molecule has 6 heteroatoms. The zero-order chi connectivity index (χ0) is 9.14. The standard InChI is InChI=1S/C6H6IN3O2/c7-5-2-1-4(9-8)3-6(5)10(11)12/h1-3,9H,8H2. The second-order valence-corrected chi connectivity index (χ2v) is 3.23. The van der Waals surface area contributed by atoms with Crippen LogP contribution in [-0.2, 0) is 0 Å². The predicted octanol–water partition coefficient (Wildman–Crippen LogP) is 1.49. The molecule has 0 fully saturated rings. The monoisotopic (exact) mass is 279 g/mol. The Morgan fingerprint density at radius 2 is 2.25 bits per heavy atom. The number of anilines is 1. The molecule has 0 aromatic heterocycles. The fourth-order valence-corrected chi connectivity index (χ4v) is 1.27. The average Bonchev–Trinajstić information content (AvgIpc) is 2.05. The molecule has 0 heterocycles. The number of nitrogens with one attached hydrogen (secondary N) is 1. The molecule has 0 bridgehead atoms. The number of nitro benzene ring substituents is 1. The second kappa shape index (κ2) is 3.68. The van der Waals surface area contributed by atoms with Crippen LogP contribution in [0.1, 0.15) is 0 Å². The fraction of sp³-hybridized carbons (Fsp3) is 0. The summed E-state index contributed by atoms with van der Waals surface area (Å²) in [5, 5.41) is 10.4. The molecule has 1 rings (SSSR count). The summed E-state index contributed by atoms with van der Waals surface area (Å²) < 4.78 is 0.594. The summed E-state index contributed by atoms with van der Waals surface area (Å²) in [4.78, 5) is 9.98. The van der Waals surface area contributed by atoms with E-state index in [2.05, 4.69) is 5.43 Å². The van der Waals surface area contributed by atoms with Crippen molar-refractivity contribution in [2.75, 3.05) is 5.43 Å². The van der Waals surface area contributed by atoms with Gasteiger partial charge in [-0.25, -0.2) is 0 Å². The summed E-state index contributed by atoms with van der Waals surface area (Å²) in [5.74, 6) is 5.09. The van der Waals surface area contributed by atoms with Gasteiger partial charge in [0, 0.05) is 6.07 Å². The van der Waals surface area contributed by atoms with Gasteiger partial charge in [0.15, 0.2) is 0 Å². The minimum atomic E-state index is -0.442. The van der Waals surface area contributed by atoms with Crippen molar-refractivity contribution in [2.45, 2.75) is 0 Å². The summed E-state index contributed by atoms with van der Waals surface area (Å²) in [7, 11) is 0. The molecule has 0 spiro atoms. The number of nitrogens with zero attached hydrogens (tertiary/aromatic N) is 1. The van der Waals surface area contributed by atoms with Crippen molar-refractivity contribution in [3.63, 3.8) is 0 Å². The molecule has 0 amide bonds. The number of benzene rings is 1. The first kappa shape index (κ1) is 9.20. The van der Waals surface area contributed by atoms with E-state index in [0.717, 1.165) is 0 Å². The van der Waals surface area contributed by atoms with E-state index in [-0.39, 0.29) is 5.69 Å². The van der Waals surface area contributed by atoms with E-state index in [1.807, 2.05) is 22.6 Å². The van der Waals surface area contributed by atoms with Gasteiger partial charge in [-0.1, -0.05) is 0 Å². The molecule has 1 aromatic carbocycles. The summed E-state index contributed by atoms with van der Waals surface area (Å²) in [5.41, 5.74) is 2.93.